The topological polar surface area (TPSA) is 125 Å². The van der Waals surface area contributed by atoms with Gasteiger partial charge in [-0.2, -0.15) is 0 Å². The second-order valence-corrected chi connectivity index (χ2v) is 8.10. The summed E-state index contributed by atoms with van der Waals surface area (Å²) in [6, 6.07) is 4.23. The van der Waals surface area contributed by atoms with E-state index in [1.54, 1.807) is 0 Å². The van der Waals surface area contributed by atoms with E-state index in [0.717, 1.165) is 57.8 Å². The molecule has 5 N–H and O–H groups in total. The molecule has 2 heterocycles. The van der Waals surface area contributed by atoms with Crippen LogP contribution < -0.4 is 26.7 Å². The van der Waals surface area contributed by atoms with E-state index in [2.05, 4.69) is 30.2 Å². The summed E-state index contributed by atoms with van der Waals surface area (Å²) in [7, 11) is 0. The molecule has 2 aromatic rings. The van der Waals surface area contributed by atoms with Crippen LogP contribution in [0.2, 0.25) is 0 Å². The zero-order valence-corrected chi connectivity index (χ0v) is 18.7. The monoisotopic (exact) mass is 482 g/mol. The number of hydrogen-bond acceptors (Lipinski definition) is 6. The number of para-hydroxylation sites is 2. The lowest BCUT2D eigenvalue weighted by Gasteiger charge is -2.31. The lowest BCUT2D eigenvalue weighted by Crippen LogP contribution is -2.35. The first kappa shape index (κ1) is 25.5. The average molecular weight is 483 g/mol. The van der Waals surface area contributed by atoms with Gasteiger partial charge in [0.25, 0.3) is 5.56 Å². The Morgan fingerprint density at radius 1 is 1.18 bits per heavy atom. The molecule has 0 saturated carbocycles. The molecule has 1 fully saturated rings. The molecule has 0 unspecified atom stereocenters. The Hall–Kier alpha value is -3.12. The van der Waals surface area contributed by atoms with E-state index < -0.39 is 18.1 Å². The van der Waals surface area contributed by atoms with Gasteiger partial charge in [-0.15, -0.1) is 13.2 Å². The van der Waals surface area contributed by atoms with Crippen LogP contribution in [0, 0.1) is 0 Å². The highest BCUT2D eigenvalue weighted by Gasteiger charge is 2.32. The first-order chi connectivity index (χ1) is 16.2. The summed E-state index contributed by atoms with van der Waals surface area (Å²) >= 11 is 0. The second-order valence-electron chi connectivity index (χ2n) is 8.10. The van der Waals surface area contributed by atoms with E-state index >= 15 is 0 Å². The highest BCUT2D eigenvalue weighted by atomic mass is 19.4. The van der Waals surface area contributed by atoms with Crippen LogP contribution >= 0.6 is 0 Å². The Morgan fingerprint density at radius 3 is 2.59 bits per heavy atom. The number of halogens is 3. The number of piperidine rings is 1. The number of nitrogens with zero attached hydrogens (tertiary/aromatic N) is 2. The van der Waals surface area contributed by atoms with Gasteiger partial charge in [0.2, 0.25) is 5.95 Å². The molecule has 1 aliphatic rings. The predicted octanol–water partition coefficient (Wildman–Crippen LogP) is 3.62. The van der Waals surface area contributed by atoms with Crippen LogP contribution in [0.25, 0.3) is 0 Å². The third-order valence-corrected chi connectivity index (χ3v) is 5.63. The number of nitrogens with one attached hydrogen (secondary N) is 3. The number of rotatable bonds is 9. The molecule has 0 bridgehead atoms. The number of amides is 2. The van der Waals surface area contributed by atoms with Crippen LogP contribution in [0.5, 0.6) is 5.75 Å². The van der Waals surface area contributed by atoms with Gasteiger partial charge in [0, 0.05) is 11.8 Å². The zero-order valence-electron chi connectivity index (χ0n) is 18.7. The molecule has 186 valence electrons. The molecule has 0 atom stereocenters. The summed E-state index contributed by atoms with van der Waals surface area (Å²) in [6.45, 7) is 3.53. The van der Waals surface area contributed by atoms with Crippen LogP contribution in [0.15, 0.2) is 35.3 Å². The third-order valence-electron chi connectivity index (χ3n) is 5.63. The standard InChI is InChI=1S/C22H29F3N6O3/c23-22(24,25)34-18-7-3-2-6-17(18)28-21(33)30-20-27-14-16(19(32)29-20)15-8-12-31(13-9-15)11-5-1-4-10-26/h2-3,6-7,14-15H,1,4-5,8-13,26H2,(H3,27,28,29,30,32,33). The molecule has 1 aliphatic heterocycles. The molecule has 1 aromatic carbocycles. The van der Waals surface area contributed by atoms with Crippen LogP contribution in [-0.2, 0) is 0 Å². The van der Waals surface area contributed by atoms with E-state index in [4.69, 9.17) is 5.73 Å². The number of nitrogens with two attached hydrogens (primary N) is 1. The van der Waals surface area contributed by atoms with Crippen molar-refractivity contribution in [3.05, 3.63) is 46.4 Å². The molecule has 9 nitrogen and oxygen atoms in total. The van der Waals surface area contributed by atoms with Crippen LogP contribution in [-0.4, -0.2) is 53.4 Å². The largest absolute Gasteiger partial charge is 0.573 e. The summed E-state index contributed by atoms with van der Waals surface area (Å²) in [5.74, 6) is -0.601. The average Bonchev–Trinajstić information content (AvgIpc) is 2.78. The van der Waals surface area contributed by atoms with Crippen molar-refractivity contribution in [1.82, 2.24) is 14.9 Å². The van der Waals surface area contributed by atoms with Crippen molar-refractivity contribution >= 4 is 17.7 Å². The fourth-order valence-electron chi connectivity index (χ4n) is 3.93. The van der Waals surface area contributed by atoms with Gasteiger partial charge in [0.1, 0.15) is 0 Å². The lowest BCUT2D eigenvalue weighted by atomic mass is 9.91. The minimum Gasteiger partial charge on any atom is -0.404 e. The maximum absolute atomic E-state index is 12.6. The number of unbranched alkanes of at least 4 members (excludes halogenated alkanes) is 2. The quantitative estimate of drug-likeness (QED) is 0.405. The molecular weight excluding hydrogens is 453 g/mol. The van der Waals surface area contributed by atoms with Gasteiger partial charge in [-0.1, -0.05) is 18.6 Å². The first-order valence-electron chi connectivity index (χ1n) is 11.2. The summed E-state index contributed by atoms with van der Waals surface area (Å²) in [6.07, 6.45) is 1.47. The molecule has 34 heavy (non-hydrogen) atoms. The highest BCUT2D eigenvalue weighted by molar-refractivity contribution is 5.99. The zero-order chi connectivity index (χ0) is 24.6. The number of anilines is 2. The van der Waals surface area contributed by atoms with E-state index in [1.807, 2.05) is 0 Å². The SMILES string of the molecule is NCCCCCN1CCC(c2cnc(NC(=O)Nc3ccccc3OC(F)(F)F)[nH]c2=O)CC1. The Kier molecular flexibility index (Phi) is 8.88. The minimum atomic E-state index is -4.91. The number of alkyl halides is 3. The van der Waals surface area contributed by atoms with Crippen molar-refractivity contribution in [2.24, 2.45) is 5.73 Å². The molecule has 1 saturated heterocycles. The molecule has 3 rings (SSSR count). The fourth-order valence-corrected chi connectivity index (χ4v) is 3.93. The molecular formula is C22H29F3N6O3. The Balaban J connectivity index is 1.54. The van der Waals surface area contributed by atoms with Gasteiger partial charge in [-0.05, 0) is 69.9 Å². The number of aromatic amines is 1. The number of carbonyl (C=O) groups is 1. The molecule has 2 amide bonds. The maximum atomic E-state index is 12.6. The van der Waals surface area contributed by atoms with E-state index in [9.17, 15) is 22.8 Å². The summed E-state index contributed by atoms with van der Waals surface area (Å²) in [5, 5.41) is 4.58. The number of benzene rings is 1. The first-order valence-corrected chi connectivity index (χ1v) is 11.2. The van der Waals surface area contributed by atoms with Crippen molar-refractivity contribution < 1.29 is 22.7 Å². The Labute approximate surface area is 194 Å². The molecule has 1 aromatic heterocycles. The molecule has 0 radical (unpaired) electrons. The van der Waals surface area contributed by atoms with Gasteiger partial charge in [-0.3, -0.25) is 15.1 Å². The molecule has 12 heteroatoms. The van der Waals surface area contributed by atoms with Gasteiger partial charge in [-0.25, -0.2) is 9.78 Å². The van der Waals surface area contributed by atoms with Crippen LogP contribution in [0.3, 0.4) is 0 Å². The minimum absolute atomic E-state index is 0.0748. The number of urea groups is 1. The van der Waals surface area contributed by atoms with Crippen molar-refractivity contribution in [3.63, 3.8) is 0 Å². The van der Waals surface area contributed by atoms with Crippen molar-refractivity contribution in [2.45, 2.75) is 44.4 Å². The van der Waals surface area contributed by atoms with Crippen LogP contribution in [0.4, 0.5) is 29.6 Å². The van der Waals surface area contributed by atoms with Gasteiger partial charge >= 0.3 is 12.4 Å². The third kappa shape index (κ3) is 7.73. The lowest BCUT2D eigenvalue weighted by molar-refractivity contribution is -0.274. The second kappa shape index (κ2) is 11.8. The molecule has 0 spiro atoms. The maximum Gasteiger partial charge on any atom is 0.573 e. The number of ether oxygens (including phenoxy) is 1. The fraction of sp³-hybridized carbons (Fsp3) is 0.500. The molecule has 0 aliphatic carbocycles. The van der Waals surface area contributed by atoms with Crippen molar-refractivity contribution in [1.29, 1.82) is 0 Å². The van der Waals surface area contributed by atoms with E-state index in [0.29, 0.717) is 12.1 Å². The van der Waals surface area contributed by atoms with Gasteiger partial charge in [0.05, 0.1) is 5.69 Å². The van der Waals surface area contributed by atoms with Crippen molar-refractivity contribution in [3.8, 4) is 5.75 Å². The number of carbonyl (C=O) groups excluding carboxylic acids is 1. The number of hydrogen-bond donors (Lipinski definition) is 4. The van der Waals surface area contributed by atoms with Crippen LogP contribution in [0.1, 0.15) is 43.6 Å². The Morgan fingerprint density at radius 2 is 1.91 bits per heavy atom. The summed E-state index contributed by atoms with van der Waals surface area (Å²) < 4.78 is 41.5. The van der Waals surface area contributed by atoms with Crippen molar-refractivity contribution in [2.75, 3.05) is 36.8 Å². The summed E-state index contributed by atoms with van der Waals surface area (Å²) in [5.41, 5.74) is 5.53. The van der Waals surface area contributed by atoms with Gasteiger partial charge < -0.3 is 20.7 Å². The Bertz CT molecular complexity index is 1010. The van der Waals surface area contributed by atoms with Gasteiger partial charge in [0.15, 0.2) is 5.75 Å². The summed E-state index contributed by atoms with van der Waals surface area (Å²) in [4.78, 5) is 33.8. The number of likely N-dealkylation sites (tertiary alicyclic amines) is 1. The number of aromatic nitrogens is 2. The predicted molar refractivity (Wildman–Crippen MR) is 122 cm³/mol. The number of H-pyrrole nitrogens is 1. The van der Waals surface area contributed by atoms with E-state index in [-0.39, 0.29) is 23.1 Å². The normalized spacial score (nSPS) is 15.2. The highest BCUT2D eigenvalue weighted by Crippen LogP contribution is 2.30. The van der Waals surface area contributed by atoms with E-state index in [1.165, 1.54) is 24.4 Å². The smallest absolute Gasteiger partial charge is 0.404 e.